The van der Waals surface area contributed by atoms with Crippen molar-refractivity contribution in [3.63, 3.8) is 0 Å². The van der Waals surface area contributed by atoms with Gasteiger partial charge in [0.1, 0.15) is 18.3 Å². The van der Waals surface area contributed by atoms with Crippen LogP contribution < -0.4 is 19.9 Å². The number of carbonyl (C=O) groups is 3. The van der Waals surface area contributed by atoms with Crippen LogP contribution >= 0.6 is 0 Å². The summed E-state index contributed by atoms with van der Waals surface area (Å²) in [5, 5.41) is 2.86. The number of anilines is 3. The molecule has 0 radical (unpaired) electrons. The van der Waals surface area contributed by atoms with Crippen LogP contribution in [0.25, 0.3) is 0 Å². The number of carbonyl (C=O) groups excluding carboxylic acids is 3. The molecule has 1 atom stereocenters. The minimum atomic E-state index is -0.299. The fourth-order valence-electron chi connectivity index (χ4n) is 4.46. The van der Waals surface area contributed by atoms with Gasteiger partial charge in [0, 0.05) is 31.9 Å². The van der Waals surface area contributed by atoms with E-state index in [1.54, 1.807) is 50.5 Å². The van der Waals surface area contributed by atoms with E-state index in [1.807, 2.05) is 13.0 Å². The molecular formula is C25H30N4O4. The zero-order chi connectivity index (χ0) is 23.5. The van der Waals surface area contributed by atoms with Crippen molar-refractivity contribution >= 4 is 34.8 Å². The minimum Gasteiger partial charge on any atom is -0.494 e. The third kappa shape index (κ3) is 4.65. The molecule has 8 heteroatoms. The maximum Gasteiger partial charge on any atom is 0.253 e. The largest absolute Gasteiger partial charge is 0.494 e. The zero-order valence-electron chi connectivity index (χ0n) is 19.3. The first-order valence-corrected chi connectivity index (χ1v) is 11.4. The predicted molar refractivity (Wildman–Crippen MR) is 128 cm³/mol. The van der Waals surface area contributed by atoms with E-state index in [1.165, 1.54) is 9.80 Å². The van der Waals surface area contributed by atoms with Crippen LogP contribution in [0, 0.1) is 0 Å². The van der Waals surface area contributed by atoms with Crippen molar-refractivity contribution in [1.82, 2.24) is 4.90 Å². The number of rotatable bonds is 6. The van der Waals surface area contributed by atoms with Gasteiger partial charge in [-0.1, -0.05) is 0 Å². The molecule has 2 heterocycles. The van der Waals surface area contributed by atoms with Gasteiger partial charge in [0.15, 0.2) is 0 Å². The molecule has 1 N–H and O–H groups in total. The standard InChI is InChI=1S/C25H30N4O4/c1-4-33-19-11-9-18(10-12-19)26-23(30)16-29-22-15-17(24(31)27(2)3)8-13-20(22)28-14-6-5-7-21(28)25(29)32/h8-13,15,21H,4-7,14,16H2,1-3H3,(H,26,30)/t21-/m1/s1. The molecular weight excluding hydrogens is 420 g/mol. The normalized spacial score (nSPS) is 17.2. The average Bonchev–Trinajstić information content (AvgIpc) is 2.82. The lowest BCUT2D eigenvalue weighted by Gasteiger charge is -2.45. The third-order valence-electron chi connectivity index (χ3n) is 6.03. The van der Waals surface area contributed by atoms with Gasteiger partial charge in [-0.2, -0.15) is 0 Å². The van der Waals surface area contributed by atoms with Crippen LogP contribution in [0.1, 0.15) is 36.5 Å². The van der Waals surface area contributed by atoms with Crippen molar-refractivity contribution in [1.29, 1.82) is 0 Å². The number of hydrogen-bond acceptors (Lipinski definition) is 5. The highest BCUT2D eigenvalue weighted by atomic mass is 16.5. The Balaban J connectivity index is 1.60. The second-order valence-corrected chi connectivity index (χ2v) is 8.54. The lowest BCUT2D eigenvalue weighted by molar-refractivity contribution is -0.123. The van der Waals surface area contributed by atoms with E-state index in [-0.39, 0.29) is 30.3 Å². The van der Waals surface area contributed by atoms with Crippen molar-refractivity contribution in [3.05, 3.63) is 48.0 Å². The Morgan fingerprint density at radius 2 is 1.85 bits per heavy atom. The second-order valence-electron chi connectivity index (χ2n) is 8.54. The Kier molecular flexibility index (Phi) is 6.53. The summed E-state index contributed by atoms with van der Waals surface area (Å²) in [6.45, 7) is 3.15. The molecule has 2 aromatic rings. The predicted octanol–water partition coefficient (Wildman–Crippen LogP) is 3.13. The molecule has 1 saturated heterocycles. The molecule has 0 unspecified atom stereocenters. The van der Waals surface area contributed by atoms with Gasteiger partial charge in [0.05, 0.1) is 18.0 Å². The van der Waals surface area contributed by atoms with Crippen molar-refractivity contribution in [2.24, 2.45) is 0 Å². The fraction of sp³-hybridized carbons (Fsp3) is 0.400. The summed E-state index contributed by atoms with van der Waals surface area (Å²) in [4.78, 5) is 44.0. The highest BCUT2D eigenvalue weighted by Crippen LogP contribution is 2.40. The zero-order valence-corrected chi connectivity index (χ0v) is 19.3. The molecule has 3 amide bonds. The smallest absolute Gasteiger partial charge is 0.253 e. The number of hydrogen-bond donors (Lipinski definition) is 1. The average molecular weight is 451 g/mol. The first-order chi connectivity index (χ1) is 15.9. The molecule has 8 nitrogen and oxygen atoms in total. The van der Waals surface area contributed by atoms with Gasteiger partial charge < -0.3 is 19.9 Å². The Morgan fingerprint density at radius 3 is 2.55 bits per heavy atom. The molecule has 174 valence electrons. The maximum atomic E-state index is 13.4. The SMILES string of the molecule is CCOc1ccc(NC(=O)CN2C(=O)[C@H]3CCCCN3c3ccc(C(=O)N(C)C)cc32)cc1. The highest BCUT2D eigenvalue weighted by molar-refractivity contribution is 6.11. The fourth-order valence-corrected chi connectivity index (χ4v) is 4.46. The molecule has 0 spiro atoms. The molecule has 0 aliphatic carbocycles. The van der Waals surface area contributed by atoms with E-state index in [0.717, 1.165) is 37.2 Å². The number of nitrogens with one attached hydrogen (secondary N) is 1. The van der Waals surface area contributed by atoms with Gasteiger partial charge in [-0.05, 0) is 68.7 Å². The summed E-state index contributed by atoms with van der Waals surface area (Å²) < 4.78 is 5.44. The molecule has 2 aliphatic rings. The van der Waals surface area contributed by atoms with Crippen LogP contribution in [0.2, 0.25) is 0 Å². The Labute approximate surface area is 194 Å². The highest BCUT2D eigenvalue weighted by Gasteiger charge is 2.40. The van der Waals surface area contributed by atoms with Crippen LogP contribution in [0.4, 0.5) is 17.1 Å². The molecule has 1 fully saturated rings. The molecule has 0 bridgehead atoms. The van der Waals surface area contributed by atoms with Crippen molar-refractivity contribution in [3.8, 4) is 5.75 Å². The maximum absolute atomic E-state index is 13.4. The summed E-state index contributed by atoms with van der Waals surface area (Å²) >= 11 is 0. The number of amides is 3. The summed E-state index contributed by atoms with van der Waals surface area (Å²) in [6, 6.07) is 12.3. The van der Waals surface area contributed by atoms with Crippen LogP contribution in [0.5, 0.6) is 5.75 Å². The Morgan fingerprint density at radius 1 is 1.09 bits per heavy atom. The van der Waals surface area contributed by atoms with Crippen molar-refractivity contribution in [2.45, 2.75) is 32.2 Å². The van der Waals surface area contributed by atoms with Crippen molar-refractivity contribution in [2.75, 3.05) is 48.9 Å². The van der Waals surface area contributed by atoms with Crippen LogP contribution in [-0.4, -0.2) is 62.5 Å². The number of piperidine rings is 1. The lowest BCUT2D eigenvalue weighted by atomic mass is 9.95. The number of fused-ring (bicyclic) bond motifs is 3. The first kappa shape index (κ1) is 22.6. The van der Waals surface area contributed by atoms with Gasteiger partial charge in [-0.25, -0.2) is 0 Å². The molecule has 33 heavy (non-hydrogen) atoms. The molecule has 0 saturated carbocycles. The summed E-state index contributed by atoms with van der Waals surface area (Å²) in [5.41, 5.74) is 2.61. The Bertz CT molecular complexity index is 1050. The van der Waals surface area contributed by atoms with E-state index in [4.69, 9.17) is 4.74 Å². The quantitative estimate of drug-likeness (QED) is 0.731. The summed E-state index contributed by atoms with van der Waals surface area (Å²) in [6.07, 6.45) is 2.75. The van der Waals surface area contributed by atoms with Gasteiger partial charge in [0.25, 0.3) is 5.91 Å². The molecule has 4 rings (SSSR count). The van der Waals surface area contributed by atoms with Gasteiger partial charge in [-0.15, -0.1) is 0 Å². The number of benzene rings is 2. The van der Waals surface area contributed by atoms with E-state index < -0.39 is 0 Å². The van der Waals surface area contributed by atoms with E-state index in [2.05, 4.69) is 10.2 Å². The second kappa shape index (κ2) is 9.52. The minimum absolute atomic E-state index is 0.0986. The number of nitrogens with zero attached hydrogens (tertiary/aromatic N) is 3. The van der Waals surface area contributed by atoms with Gasteiger partial charge in [-0.3, -0.25) is 19.3 Å². The topological polar surface area (TPSA) is 82.2 Å². The van der Waals surface area contributed by atoms with Crippen LogP contribution in [-0.2, 0) is 9.59 Å². The van der Waals surface area contributed by atoms with Crippen LogP contribution in [0.15, 0.2) is 42.5 Å². The van der Waals surface area contributed by atoms with Gasteiger partial charge in [0.2, 0.25) is 11.8 Å². The van der Waals surface area contributed by atoms with Crippen LogP contribution in [0.3, 0.4) is 0 Å². The molecule has 0 aromatic heterocycles. The molecule has 2 aromatic carbocycles. The van der Waals surface area contributed by atoms with Crippen molar-refractivity contribution < 1.29 is 19.1 Å². The van der Waals surface area contributed by atoms with E-state index in [9.17, 15) is 14.4 Å². The molecule has 2 aliphatic heterocycles. The monoisotopic (exact) mass is 450 g/mol. The number of ether oxygens (including phenoxy) is 1. The summed E-state index contributed by atoms with van der Waals surface area (Å²) in [5.74, 6) is 0.182. The third-order valence-corrected chi connectivity index (χ3v) is 6.03. The Hall–Kier alpha value is -3.55. The van der Waals surface area contributed by atoms with E-state index in [0.29, 0.717) is 23.5 Å². The lowest BCUT2D eigenvalue weighted by Crippen LogP contribution is -2.56. The van der Waals surface area contributed by atoms with Gasteiger partial charge >= 0.3 is 0 Å². The summed E-state index contributed by atoms with van der Waals surface area (Å²) in [7, 11) is 3.38. The van der Waals surface area contributed by atoms with E-state index >= 15 is 0 Å². The first-order valence-electron chi connectivity index (χ1n) is 11.4.